The van der Waals surface area contributed by atoms with Crippen molar-refractivity contribution in [1.82, 2.24) is 13.9 Å². The summed E-state index contributed by atoms with van der Waals surface area (Å²) in [5.74, 6) is -0.382. The first-order chi connectivity index (χ1) is 9.73. The van der Waals surface area contributed by atoms with E-state index in [4.69, 9.17) is 5.73 Å². The lowest BCUT2D eigenvalue weighted by atomic mass is 10.2. The highest BCUT2D eigenvalue weighted by molar-refractivity contribution is 7.90. The predicted octanol–water partition coefficient (Wildman–Crippen LogP) is -0.168. The van der Waals surface area contributed by atoms with Crippen molar-refractivity contribution < 1.29 is 8.42 Å². The molecule has 1 aromatic carbocycles. The van der Waals surface area contributed by atoms with Crippen LogP contribution in [0.2, 0.25) is 0 Å². The molecule has 112 valence electrons. The molecule has 0 aliphatic rings. The average Bonchev–Trinajstić information content (AvgIpc) is 2.37. The average molecular weight is 309 g/mol. The molecule has 0 aliphatic heterocycles. The van der Waals surface area contributed by atoms with Crippen molar-refractivity contribution in [2.75, 3.05) is 24.7 Å². The lowest BCUT2D eigenvalue weighted by Crippen LogP contribution is -2.34. The molecule has 0 atom stereocenters. The third-order valence-corrected chi connectivity index (χ3v) is 4.44. The quantitative estimate of drug-likeness (QED) is 0.838. The lowest BCUT2D eigenvalue weighted by molar-refractivity contribution is 0.583. The Morgan fingerprint density at radius 2 is 1.71 bits per heavy atom. The van der Waals surface area contributed by atoms with Crippen molar-refractivity contribution >= 4 is 21.9 Å². The normalized spacial score (nSPS) is 11.4. The summed E-state index contributed by atoms with van der Waals surface area (Å²) in [6.07, 6.45) is 0. The summed E-state index contributed by atoms with van der Waals surface area (Å²) in [4.78, 5) is 20.8. The van der Waals surface area contributed by atoms with E-state index in [-0.39, 0.29) is 10.8 Å². The van der Waals surface area contributed by atoms with Crippen LogP contribution in [0.5, 0.6) is 0 Å². The molecule has 0 saturated carbocycles. The molecule has 8 nitrogen and oxygen atoms in total. The molecule has 0 spiro atoms. The van der Waals surface area contributed by atoms with Gasteiger partial charge in [0.2, 0.25) is 11.9 Å². The van der Waals surface area contributed by atoms with Gasteiger partial charge in [-0.3, -0.25) is 0 Å². The number of hydrogen-bond acceptors (Lipinski definition) is 7. The zero-order valence-corrected chi connectivity index (χ0v) is 12.6. The Bertz CT molecular complexity index is 825. The largest absolute Gasteiger partial charge is 0.368 e. The highest BCUT2D eigenvalue weighted by Gasteiger charge is 2.23. The second-order valence-corrected chi connectivity index (χ2v) is 6.43. The van der Waals surface area contributed by atoms with Crippen molar-refractivity contribution in [2.45, 2.75) is 11.8 Å². The second-order valence-electron chi connectivity index (χ2n) is 4.64. The van der Waals surface area contributed by atoms with Crippen LogP contribution in [0.25, 0.3) is 0 Å². The molecule has 0 bridgehead atoms. The molecular weight excluding hydrogens is 294 g/mol. The number of hydrogen-bond donors (Lipinski definition) is 1. The van der Waals surface area contributed by atoms with Gasteiger partial charge in [0.1, 0.15) is 0 Å². The van der Waals surface area contributed by atoms with Gasteiger partial charge in [0, 0.05) is 14.1 Å². The zero-order chi connectivity index (χ0) is 15.8. The third-order valence-electron chi connectivity index (χ3n) is 2.75. The molecule has 1 heterocycles. The van der Waals surface area contributed by atoms with Gasteiger partial charge in [0.25, 0.3) is 10.0 Å². The minimum Gasteiger partial charge on any atom is -0.368 e. The van der Waals surface area contributed by atoms with E-state index < -0.39 is 21.7 Å². The minimum atomic E-state index is -4.12. The van der Waals surface area contributed by atoms with Gasteiger partial charge < -0.3 is 10.6 Å². The summed E-state index contributed by atoms with van der Waals surface area (Å²) in [6, 6.07) is 6.05. The Labute approximate surface area is 121 Å². The maximum Gasteiger partial charge on any atom is 0.368 e. The summed E-state index contributed by atoms with van der Waals surface area (Å²) < 4.78 is 25.3. The van der Waals surface area contributed by atoms with Gasteiger partial charge >= 0.3 is 5.69 Å². The summed E-state index contributed by atoms with van der Waals surface area (Å²) in [6.45, 7) is 1.83. The maximum atomic E-state index is 12.5. The van der Waals surface area contributed by atoms with Gasteiger partial charge in [-0.2, -0.15) is 9.97 Å². The summed E-state index contributed by atoms with van der Waals surface area (Å²) >= 11 is 0. The minimum absolute atomic E-state index is 0.0489. The highest BCUT2D eigenvalue weighted by Crippen LogP contribution is 2.15. The SMILES string of the molecule is Cc1ccc(S(=O)(=O)n2c(N)nc(N(C)C)nc2=O)cc1. The maximum absolute atomic E-state index is 12.5. The Morgan fingerprint density at radius 3 is 2.19 bits per heavy atom. The monoisotopic (exact) mass is 309 g/mol. The number of aromatic nitrogens is 3. The molecule has 2 aromatic rings. The first-order valence-corrected chi connectivity index (χ1v) is 7.43. The van der Waals surface area contributed by atoms with E-state index in [9.17, 15) is 13.2 Å². The summed E-state index contributed by atoms with van der Waals surface area (Å²) in [7, 11) is -0.888. The van der Waals surface area contributed by atoms with Gasteiger partial charge in [-0.05, 0) is 19.1 Å². The van der Waals surface area contributed by atoms with Crippen LogP contribution >= 0.6 is 0 Å². The second kappa shape index (κ2) is 5.17. The van der Waals surface area contributed by atoms with Gasteiger partial charge in [0.05, 0.1) is 4.90 Å². The topological polar surface area (TPSA) is 111 Å². The van der Waals surface area contributed by atoms with Crippen molar-refractivity contribution in [2.24, 2.45) is 0 Å². The first kappa shape index (κ1) is 15.0. The summed E-state index contributed by atoms with van der Waals surface area (Å²) in [5, 5.41) is 0. The predicted molar refractivity (Wildman–Crippen MR) is 78.8 cm³/mol. The number of anilines is 2. The molecule has 2 N–H and O–H groups in total. The summed E-state index contributed by atoms with van der Waals surface area (Å²) in [5.41, 5.74) is 5.52. The van der Waals surface area contributed by atoms with E-state index in [1.165, 1.54) is 17.0 Å². The van der Waals surface area contributed by atoms with Crippen LogP contribution in [0, 0.1) is 6.92 Å². The molecule has 21 heavy (non-hydrogen) atoms. The highest BCUT2D eigenvalue weighted by atomic mass is 32.2. The van der Waals surface area contributed by atoms with Crippen LogP contribution in [0.1, 0.15) is 5.56 Å². The van der Waals surface area contributed by atoms with E-state index in [0.717, 1.165) is 5.56 Å². The Morgan fingerprint density at radius 1 is 1.14 bits per heavy atom. The number of benzene rings is 1. The van der Waals surface area contributed by atoms with Gasteiger partial charge in [-0.1, -0.05) is 17.7 Å². The van der Waals surface area contributed by atoms with Crippen molar-refractivity contribution in [1.29, 1.82) is 0 Å². The number of rotatable bonds is 3. The van der Waals surface area contributed by atoms with Crippen LogP contribution < -0.4 is 16.3 Å². The Kier molecular flexibility index (Phi) is 3.69. The molecular formula is C12H15N5O3S. The van der Waals surface area contributed by atoms with E-state index in [1.54, 1.807) is 26.2 Å². The molecule has 0 radical (unpaired) electrons. The number of nitrogen functional groups attached to an aromatic ring is 1. The van der Waals surface area contributed by atoms with E-state index in [0.29, 0.717) is 3.97 Å². The molecule has 1 aromatic heterocycles. The fraction of sp³-hybridized carbons (Fsp3) is 0.250. The van der Waals surface area contributed by atoms with Crippen molar-refractivity contribution in [3.05, 3.63) is 40.3 Å². The smallest absolute Gasteiger partial charge is 0.368 e. The lowest BCUT2D eigenvalue weighted by Gasteiger charge is -2.13. The number of nitrogens with two attached hydrogens (primary N) is 1. The van der Waals surface area contributed by atoms with Crippen LogP contribution in [0.4, 0.5) is 11.9 Å². The van der Waals surface area contributed by atoms with E-state index >= 15 is 0 Å². The van der Waals surface area contributed by atoms with Crippen molar-refractivity contribution in [3.63, 3.8) is 0 Å². The molecule has 0 fully saturated rings. The Balaban J connectivity index is 2.66. The van der Waals surface area contributed by atoms with Crippen molar-refractivity contribution in [3.8, 4) is 0 Å². The molecule has 0 saturated heterocycles. The fourth-order valence-corrected chi connectivity index (χ4v) is 2.87. The van der Waals surface area contributed by atoms with Gasteiger partial charge in [0.15, 0.2) is 0 Å². The van der Waals surface area contributed by atoms with E-state index in [2.05, 4.69) is 9.97 Å². The molecule has 9 heteroatoms. The molecule has 0 amide bonds. The van der Waals surface area contributed by atoms with Crippen LogP contribution in [0.3, 0.4) is 0 Å². The number of nitrogens with zero attached hydrogens (tertiary/aromatic N) is 4. The zero-order valence-electron chi connectivity index (χ0n) is 11.8. The van der Waals surface area contributed by atoms with E-state index in [1.807, 2.05) is 6.92 Å². The molecule has 2 rings (SSSR count). The Hall–Kier alpha value is -2.42. The fourth-order valence-electron chi connectivity index (χ4n) is 1.64. The third kappa shape index (κ3) is 2.72. The van der Waals surface area contributed by atoms with Crippen LogP contribution in [-0.2, 0) is 10.0 Å². The number of aryl methyl sites for hydroxylation is 1. The molecule has 0 unspecified atom stereocenters. The van der Waals surface area contributed by atoms with Gasteiger partial charge in [-0.15, -0.1) is 3.97 Å². The standard InChI is InChI=1S/C12H15N5O3S/c1-8-4-6-9(7-5-8)21(19,20)17-10(13)14-11(16(2)3)15-12(17)18/h4-7H,1-3H3,(H2,13,14,15,18). The van der Waals surface area contributed by atoms with Crippen LogP contribution in [-0.4, -0.2) is 36.5 Å². The molecule has 0 aliphatic carbocycles. The van der Waals surface area contributed by atoms with Gasteiger partial charge in [-0.25, -0.2) is 13.2 Å². The van der Waals surface area contributed by atoms with Crippen LogP contribution in [0.15, 0.2) is 34.0 Å². The first-order valence-electron chi connectivity index (χ1n) is 5.99.